The zero-order valence-corrected chi connectivity index (χ0v) is 10.8. The second kappa shape index (κ2) is 9.81. The van der Waals surface area contributed by atoms with Gasteiger partial charge in [0.15, 0.2) is 0 Å². The van der Waals surface area contributed by atoms with Gasteiger partial charge in [0.2, 0.25) is 0 Å². The summed E-state index contributed by atoms with van der Waals surface area (Å²) < 4.78 is 5.06. The average Bonchev–Trinajstić information content (AvgIpc) is 2.14. The first-order chi connectivity index (χ1) is 6.70. The fourth-order valence-electron chi connectivity index (χ4n) is 1.32. The monoisotopic (exact) mass is 219 g/mol. The van der Waals surface area contributed by atoms with Gasteiger partial charge in [-0.15, -0.1) is 0 Å². The Balaban J connectivity index is 3.54. The van der Waals surface area contributed by atoms with Crippen LogP contribution in [0.3, 0.4) is 0 Å². The SMILES string of the molecule is CCNC(CCCOC)CSC(C)C. The zero-order valence-electron chi connectivity index (χ0n) is 10.0. The molecule has 0 bridgehead atoms. The molecule has 0 aliphatic rings. The van der Waals surface area contributed by atoms with Crippen molar-refractivity contribution in [2.75, 3.05) is 26.0 Å². The van der Waals surface area contributed by atoms with Crippen LogP contribution in [-0.4, -0.2) is 37.3 Å². The maximum absolute atomic E-state index is 5.06. The number of methoxy groups -OCH3 is 1. The van der Waals surface area contributed by atoms with E-state index in [1.165, 1.54) is 12.2 Å². The van der Waals surface area contributed by atoms with Crippen LogP contribution in [0.4, 0.5) is 0 Å². The minimum Gasteiger partial charge on any atom is -0.385 e. The van der Waals surface area contributed by atoms with Gasteiger partial charge in [-0.2, -0.15) is 11.8 Å². The Morgan fingerprint density at radius 3 is 2.57 bits per heavy atom. The van der Waals surface area contributed by atoms with Crippen LogP contribution in [0.25, 0.3) is 0 Å². The summed E-state index contributed by atoms with van der Waals surface area (Å²) in [5, 5.41) is 4.26. The summed E-state index contributed by atoms with van der Waals surface area (Å²) in [5.74, 6) is 1.22. The minimum absolute atomic E-state index is 0.655. The zero-order chi connectivity index (χ0) is 10.8. The van der Waals surface area contributed by atoms with Crippen molar-refractivity contribution in [3.63, 3.8) is 0 Å². The molecule has 0 saturated carbocycles. The van der Waals surface area contributed by atoms with Crippen LogP contribution >= 0.6 is 11.8 Å². The molecule has 0 spiro atoms. The molecular weight excluding hydrogens is 194 g/mol. The standard InChI is InChI=1S/C11H25NOS/c1-5-12-11(7-6-8-13-4)9-14-10(2)3/h10-12H,5-9H2,1-4H3. The smallest absolute Gasteiger partial charge is 0.0462 e. The van der Waals surface area contributed by atoms with E-state index < -0.39 is 0 Å². The van der Waals surface area contributed by atoms with Gasteiger partial charge in [0.1, 0.15) is 0 Å². The summed E-state index contributed by atoms with van der Waals surface area (Å²) in [6.45, 7) is 8.62. The fourth-order valence-corrected chi connectivity index (χ4v) is 2.22. The largest absolute Gasteiger partial charge is 0.385 e. The second-order valence-electron chi connectivity index (χ2n) is 3.77. The molecule has 2 nitrogen and oxygen atoms in total. The first-order valence-electron chi connectivity index (χ1n) is 5.54. The van der Waals surface area contributed by atoms with E-state index in [9.17, 15) is 0 Å². The normalized spacial score (nSPS) is 13.5. The molecule has 0 aliphatic heterocycles. The van der Waals surface area contributed by atoms with Gasteiger partial charge in [-0.05, 0) is 24.6 Å². The fraction of sp³-hybridized carbons (Fsp3) is 1.00. The average molecular weight is 219 g/mol. The first kappa shape index (κ1) is 14.3. The van der Waals surface area contributed by atoms with Crippen LogP contribution in [0.2, 0.25) is 0 Å². The third-order valence-corrected chi connectivity index (χ3v) is 3.29. The Hall–Kier alpha value is 0.270. The summed E-state index contributed by atoms with van der Waals surface area (Å²) in [4.78, 5) is 0. The van der Waals surface area contributed by atoms with Crippen LogP contribution in [0.5, 0.6) is 0 Å². The molecule has 86 valence electrons. The van der Waals surface area contributed by atoms with Crippen molar-refractivity contribution in [1.29, 1.82) is 0 Å². The molecule has 1 unspecified atom stereocenters. The molecule has 0 heterocycles. The number of rotatable bonds is 9. The molecule has 0 saturated heterocycles. The molecule has 1 atom stereocenters. The van der Waals surface area contributed by atoms with Crippen LogP contribution in [0, 0.1) is 0 Å². The van der Waals surface area contributed by atoms with Crippen molar-refractivity contribution in [3.05, 3.63) is 0 Å². The molecule has 0 amide bonds. The topological polar surface area (TPSA) is 21.3 Å². The van der Waals surface area contributed by atoms with E-state index in [-0.39, 0.29) is 0 Å². The molecular formula is C11H25NOS. The number of hydrogen-bond acceptors (Lipinski definition) is 3. The molecule has 0 aliphatic carbocycles. The van der Waals surface area contributed by atoms with E-state index in [0.717, 1.165) is 24.8 Å². The lowest BCUT2D eigenvalue weighted by Gasteiger charge is -2.18. The Labute approximate surface area is 93.2 Å². The van der Waals surface area contributed by atoms with Gasteiger partial charge in [0.05, 0.1) is 0 Å². The highest BCUT2D eigenvalue weighted by Crippen LogP contribution is 2.13. The summed E-state index contributed by atoms with van der Waals surface area (Å²) in [7, 11) is 1.77. The van der Waals surface area contributed by atoms with Gasteiger partial charge < -0.3 is 10.1 Å². The van der Waals surface area contributed by atoms with Crippen molar-refractivity contribution in [3.8, 4) is 0 Å². The summed E-state index contributed by atoms with van der Waals surface area (Å²) >= 11 is 2.03. The Morgan fingerprint density at radius 1 is 1.36 bits per heavy atom. The van der Waals surface area contributed by atoms with E-state index >= 15 is 0 Å². The second-order valence-corrected chi connectivity index (χ2v) is 5.38. The van der Waals surface area contributed by atoms with Gasteiger partial charge in [-0.25, -0.2) is 0 Å². The summed E-state index contributed by atoms with van der Waals surface area (Å²) in [6, 6.07) is 0.655. The van der Waals surface area contributed by atoms with E-state index in [4.69, 9.17) is 4.74 Å². The van der Waals surface area contributed by atoms with Gasteiger partial charge in [0.25, 0.3) is 0 Å². The summed E-state index contributed by atoms with van der Waals surface area (Å²) in [6.07, 6.45) is 2.38. The molecule has 0 rings (SSSR count). The van der Waals surface area contributed by atoms with Crippen molar-refractivity contribution < 1.29 is 4.74 Å². The highest BCUT2D eigenvalue weighted by atomic mass is 32.2. The molecule has 0 radical (unpaired) electrons. The van der Waals surface area contributed by atoms with Crippen molar-refractivity contribution in [2.24, 2.45) is 0 Å². The van der Waals surface area contributed by atoms with Crippen LogP contribution in [0.15, 0.2) is 0 Å². The third-order valence-electron chi connectivity index (χ3n) is 2.02. The maximum atomic E-state index is 5.06. The van der Waals surface area contributed by atoms with Gasteiger partial charge in [-0.3, -0.25) is 0 Å². The number of hydrogen-bond donors (Lipinski definition) is 1. The molecule has 0 aromatic rings. The number of thioether (sulfide) groups is 1. The van der Waals surface area contributed by atoms with Gasteiger partial charge >= 0.3 is 0 Å². The highest BCUT2D eigenvalue weighted by molar-refractivity contribution is 7.99. The quantitative estimate of drug-likeness (QED) is 0.602. The van der Waals surface area contributed by atoms with Crippen molar-refractivity contribution in [2.45, 2.75) is 44.9 Å². The predicted molar refractivity (Wildman–Crippen MR) is 66.2 cm³/mol. The predicted octanol–water partition coefficient (Wildman–Crippen LogP) is 2.53. The highest BCUT2D eigenvalue weighted by Gasteiger charge is 2.07. The Kier molecular flexibility index (Phi) is 10.0. The van der Waals surface area contributed by atoms with E-state index in [0.29, 0.717) is 6.04 Å². The van der Waals surface area contributed by atoms with Crippen LogP contribution < -0.4 is 5.32 Å². The number of nitrogens with one attached hydrogen (secondary N) is 1. The lowest BCUT2D eigenvalue weighted by molar-refractivity contribution is 0.190. The lowest BCUT2D eigenvalue weighted by Crippen LogP contribution is -2.31. The maximum Gasteiger partial charge on any atom is 0.0462 e. The minimum atomic E-state index is 0.655. The summed E-state index contributed by atoms with van der Waals surface area (Å²) in [5.41, 5.74) is 0. The van der Waals surface area contributed by atoms with Gasteiger partial charge in [0, 0.05) is 25.5 Å². The first-order valence-corrected chi connectivity index (χ1v) is 6.59. The Morgan fingerprint density at radius 2 is 2.07 bits per heavy atom. The molecule has 14 heavy (non-hydrogen) atoms. The van der Waals surface area contributed by atoms with E-state index in [2.05, 4.69) is 26.1 Å². The molecule has 0 aromatic heterocycles. The van der Waals surface area contributed by atoms with Crippen LogP contribution in [0.1, 0.15) is 33.6 Å². The van der Waals surface area contributed by atoms with Crippen molar-refractivity contribution in [1.82, 2.24) is 5.32 Å². The molecule has 0 aromatic carbocycles. The number of ether oxygens (including phenoxy) is 1. The molecule has 3 heteroatoms. The Bertz CT molecular complexity index is 120. The van der Waals surface area contributed by atoms with Crippen molar-refractivity contribution >= 4 is 11.8 Å². The molecule has 1 N–H and O–H groups in total. The third kappa shape index (κ3) is 8.85. The van der Waals surface area contributed by atoms with E-state index in [1.807, 2.05) is 11.8 Å². The van der Waals surface area contributed by atoms with E-state index in [1.54, 1.807) is 7.11 Å². The molecule has 0 fully saturated rings. The lowest BCUT2D eigenvalue weighted by atomic mass is 10.2. The van der Waals surface area contributed by atoms with Gasteiger partial charge in [-0.1, -0.05) is 20.8 Å². The van der Waals surface area contributed by atoms with Crippen LogP contribution in [-0.2, 0) is 4.74 Å².